The fraction of sp³-hybridized carbons (Fsp3) is 0.188. The molecule has 1 heterocycles. The zero-order valence-electron chi connectivity index (χ0n) is 12.9. The van der Waals surface area contributed by atoms with Gasteiger partial charge in [0.2, 0.25) is 0 Å². The van der Waals surface area contributed by atoms with Crippen LogP contribution in [-0.4, -0.2) is 30.4 Å². The molecule has 24 heavy (non-hydrogen) atoms. The maximum atomic E-state index is 13.9. The second-order valence-electron chi connectivity index (χ2n) is 4.92. The van der Waals surface area contributed by atoms with E-state index in [2.05, 4.69) is 10.6 Å². The number of carbonyl (C=O) groups is 2. The molecule has 0 bridgehead atoms. The predicted molar refractivity (Wildman–Crippen MR) is 90.6 cm³/mol. The summed E-state index contributed by atoms with van der Waals surface area (Å²) in [6.45, 7) is 0.283. The summed E-state index contributed by atoms with van der Waals surface area (Å²) >= 11 is 1.36. The van der Waals surface area contributed by atoms with E-state index in [4.69, 9.17) is 5.26 Å². The van der Waals surface area contributed by atoms with Gasteiger partial charge in [0.25, 0.3) is 5.91 Å². The van der Waals surface area contributed by atoms with Crippen LogP contribution < -0.4 is 10.6 Å². The van der Waals surface area contributed by atoms with E-state index in [-0.39, 0.29) is 18.7 Å². The summed E-state index contributed by atoms with van der Waals surface area (Å²) in [5, 5.41) is 17.0. The minimum Gasteiger partial charge on any atom is -0.327 e. The van der Waals surface area contributed by atoms with Crippen molar-refractivity contribution in [3.05, 3.63) is 46.4 Å². The van der Waals surface area contributed by atoms with E-state index in [0.717, 1.165) is 6.07 Å². The number of nitriles is 1. The second-order valence-corrected chi connectivity index (χ2v) is 5.70. The fourth-order valence-electron chi connectivity index (χ4n) is 1.83. The molecule has 0 aliphatic heterocycles. The molecular formula is C16H15FN4O2S. The predicted octanol–water partition coefficient (Wildman–Crippen LogP) is 3.52. The molecule has 0 saturated carbocycles. The van der Waals surface area contributed by atoms with Crippen LogP contribution in [0.1, 0.15) is 16.8 Å². The van der Waals surface area contributed by atoms with Crippen molar-refractivity contribution in [3.8, 4) is 6.07 Å². The highest BCUT2D eigenvalue weighted by Crippen LogP contribution is 2.21. The minimum atomic E-state index is -0.602. The topological polar surface area (TPSA) is 85.2 Å². The van der Waals surface area contributed by atoms with E-state index in [9.17, 15) is 14.0 Å². The number of rotatable bonds is 5. The summed E-state index contributed by atoms with van der Waals surface area (Å²) in [6.07, 6.45) is 0.218. The van der Waals surface area contributed by atoms with Crippen molar-refractivity contribution in [1.82, 2.24) is 4.90 Å². The molecule has 2 rings (SSSR count). The third-order valence-electron chi connectivity index (χ3n) is 3.15. The highest BCUT2D eigenvalue weighted by Gasteiger charge is 2.13. The molecule has 1 aromatic carbocycles. The van der Waals surface area contributed by atoms with Gasteiger partial charge in [-0.2, -0.15) is 16.6 Å². The largest absolute Gasteiger partial charge is 0.327 e. The van der Waals surface area contributed by atoms with Gasteiger partial charge in [-0.25, -0.2) is 9.18 Å². The maximum absolute atomic E-state index is 13.9. The SMILES string of the molecule is CN(CCC#N)C(=O)Nc1ccc(F)c(NC(=O)c2ccsc2)c1. The number of benzene rings is 1. The number of urea groups is 1. The lowest BCUT2D eigenvalue weighted by Gasteiger charge is -2.17. The molecule has 6 nitrogen and oxygen atoms in total. The van der Waals surface area contributed by atoms with Crippen molar-refractivity contribution in [3.63, 3.8) is 0 Å². The molecule has 0 radical (unpaired) electrons. The molecule has 0 atom stereocenters. The second kappa shape index (κ2) is 8.08. The van der Waals surface area contributed by atoms with E-state index < -0.39 is 17.8 Å². The molecule has 3 amide bonds. The van der Waals surface area contributed by atoms with Crippen LogP contribution in [0.15, 0.2) is 35.0 Å². The molecular weight excluding hydrogens is 331 g/mol. The Morgan fingerprint density at radius 2 is 2.12 bits per heavy atom. The number of hydrogen-bond donors (Lipinski definition) is 2. The average Bonchev–Trinajstić information content (AvgIpc) is 3.10. The monoisotopic (exact) mass is 346 g/mol. The highest BCUT2D eigenvalue weighted by molar-refractivity contribution is 7.08. The molecule has 0 saturated heterocycles. The number of nitrogens with one attached hydrogen (secondary N) is 2. The number of thiophene rings is 1. The normalized spacial score (nSPS) is 9.88. The summed E-state index contributed by atoms with van der Waals surface area (Å²) in [6, 6.07) is 7.06. The third-order valence-corrected chi connectivity index (χ3v) is 3.84. The van der Waals surface area contributed by atoms with E-state index in [1.165, 1.54) is 28.4 Å². The third kappa shape index (κ3) is 4.54. The number of halogens is 1. The summed E-state index contributed by atoms with van der Waals surface area (Å²) < 4.78 is 13.9. The molecule has 1 aromatic heterocycles. The molecule has 2 aromatic rings. The standard InChI is InChI=1S/C16H15FN4O2S/c1-21(7-2-6-18)16(23)19-12-3-4-13(17)14(9-12)20-15(22)11-5-8-24-10-11/h3-5,8-10H,2,7H2,1H3,(H,19,23)(H,20,22). The van der Waals surface area contributed by atoms with Gasteiger partial charge in [0.1, 0.15) is 5.82 Å². The Morgan fingerprint density at radius 1 is 1.33 bits per heavy atom. The molecule has 0 aliphatic rings. The Balaban J connectivity index is 2.07. The fourth-order valence-corrected chi connectivity index (χ4v) is 2.46. The number of hydrogen-bond acceptors (Lipinski definition) is 4. The molecule has 0 unspecified atom stereocenters. The first-order chi connectivity index (χ1) is 11.5. The maximum Gasteiger partial charge on any atom is 0.321 e. The zero-order chi connectivity index (χ0) is 17.5. The van der Waals surface area contributed by atoms with Gasteiger partial charge in [0.15, 0.2) is 0 Å². The van der Waals surface area contributed by atoms with Crippen molar-refractivity contribution in [2.24, 2.45) is 0 Å². The first kappa shape index (κ1) is 17.4. The van der Waals surface area contributed by atoms with E-state index in [1.807, 2.05) is 6.07 Å². The smallest absolute Gasteiger partial charge is 0.321 e. The lowest BCUT2D eigenvalue weighted by molar-refractivity contribution is 0.102. The Morgan fingerprint density at radius 3 is 2.79 bits per heavy atom. The molecule has 8 heteroatoms. The van der Waals surface area contributed by atoms with Gasteiger partial charge in [-0.3, -0.25) is 4.79 Å². The van der Waals surface area contributed by atoms with Crippen molar-refractivity contribution in [2.75, 3.05) is 24.2 Å². The lowest BCUT2D eigenvalue weighted by Crippen LogP contribution is -2.32. The van der Waals surface area contributed by atoms with Crippen molar-refractivity contribution in [1.29, 1.82) is 5.26 Å². The van der Waals surface area contributed by atoms with Gasteiger partial charge in [-0.1, -0.05) is 0 Å². The molecule has 0 spiro atoms. The number of anilines is 2. The van der Waals surface area contributed by atoms with Crippen LogP contribution in [0.25, 0.3) is 0 Å². The lowest BCUT2D eigenvalue weighted by atomic mass is 10.2. The van der Waals surface area contributed by atoms with Gasteiger partial charge in [-0.05, 0) is 29.6 Å². The van der Waals surface area contributed by atoms with Gasteiger partial charge in [0.05, 0.1) is 23.7 Å². The van der Waals surface area contributed by atoms with E-state index in [0.29, 0.717) is 11.3 Å². The van der Waals surface area contributed by atoms with Crippen LogP contribution in [0, 0.1) is 17.1 Å². The molecule has 0 fully saturated rings. The summed E-state index contributed by atoms with van der Waals surface area (Å²) in [5.74, 6) is -1.03. The van der Waals surface area contributed by atoms with E-state index >= 15 is 0 Å². The summed E-state index contributed by atoms with van der Waals surface area (Å²) in [5.41, 5.74) is 0.750. The Labute approximate surface area is 142 Å². The Kier molecular flexibility index (Phi) is 5.87. The van der Waals surface area contributed by atoms with Gasteiger partial charge < -0.3 is 15.5 Å². The molecule has 124 valence electrons. The van der Waals surface area contributed by atoms with Crippen molar-refractivity contribution in [2.45, 2.75) is 6.42 Å². The zero-order valence-corrected chi connectivity index (χ0v) is 13.7. The van der Waals surface area contributed by atoms with Crippen LogP contribution >= 0.6 is 11.3 Å². The summed E-state index contributed by atoms with van der Waals surface area (Å²) in [7, 11) is 1.55. The average molecular weight is 346 g/mol. The van der Waals surface area contributed by atoms with Crippen molar-refractivity contribution < 1.29 is 14.0 Å². The first-order valence-corrected chi connectivity index (χ1v) is 7.97. The summed E-state index contributed by atoms with van der Waals surface area (Å²) in [4.78, 5) is 25.3. The van der Waals surface area contributed by atoms with Crippen LogP contribution in [0.2, 0.25) is 0 Å². The van der Waals surface area contributed by atoms with Crippen LogP contribution in [0.4, 0.5) is 20.6 Å². The number of carbonyl (C=O) groups excluding carboxylic acids is 2. The van der Waals surface area contributed by atoms with Gasteiger partial charge >= 0.3 is 6.03 Å². The number of nitrogens with zero attached hydrogens (tertiary/aromatic N) is 2. The minimum absolute atomic E-state index is 0.0244. The molecule has 2 N–H and O–H groups in total. The van der Waals surface area contributed by atoms with E-state index in [1.54, 1.807) is 23.9 Å². The van der Waals surface area contributed by atoms with Gasteiger partial charge in [-0.15, -0.1) is 0 Å². The quantitative estimate of drug-likeness (QED) is 0.868. The van der Waals surface area contributed by atoms with Crippen molar-refractivity contribution >= 4 is 34.6 Å². The van der Waals surface area contributed by atoms with Crippen LogP contribution in [0.3, 0.4) is 0 Å². The highest BCUT2D eigenvalue weighted by atomic mass is 32.1. The van der Waals surface area contributed by atoms with Gasteiger partial charge in [0, 0.05) is 24.7 Å². The Bertz CT molecular complexity index is 771. The number of amides is 3. The first-order valence-electron chi connectivity index (χ1n) is 7.03. The van der Waals surface area contributed by atoms with Crippen LogP contribution in [0.5, 0.6) is 0 Å². The Hall–Kier alpha value is -2.92. The molecule has 0 aliphatic carbocycles. The van der Waals surface area contributed by atoms with Crippen LogP contribution in [-0.2, 0) is 0 Å².